The van der Waals surface area contributed by atoms with Gasteiger partial charge in [0.1, 0.15) is 5.75 Å². The summed E-state index contributed by atoms with van der Waals surface area (Å²) in [6, 6.07) is 19.8. The van der Waals surface area contributed by atoms with Gasteiger partial charge in [0.05, 0.1) is 13.2 Å². The molecule has 0 aromatic heterocycles. The van der Waals surface area contributed by atoms with Crippen LogP contribution in [0.25, 0.3) is 0 Å². The highest BCUT2D eigenvalue weighted by Gasteiger charge is 1.96. The topological polar surface area (TPSA) is 47.6 Å². The second-order valence-corrected chi connectivity index (χ2v) is 5.27. The van der Waals surface area contributed by atoms with Crippen molar-refractivity contribution in [3.63, 3.8) is 0 Å². The minimum absolute atomic E-state index is 0.602. The van der Waals surface area contributed by atoms with Crippen molar-refractivity contribution in [3.8, 4) is 5.75 Å². The van der Waals surface area contributed by atoms with E-state index in [4.69, 9.17) is 10.5 Å². The molecule has 0 saturated heterocycles. The lowest BCUT2D eigenvalue weighted by Gasteiger charge is -2.05. The summed E-state index contributed by atoms with van der Waals surface area (Å²) in [5.41, 5.74) is 7.02. The molecular weight excluding hydrogens is 268 g/mol. The standard InChI is InChI=1S/C16H18N2OS/c17-16(18-13-14-7-3-1-4-8-14)20-12-11-19-15-9-5-2-6-10-15/h1-10H,11-13H2,(H2,17,18). The van der Waals surface area contributed by atoms with Gasteiger partial charge in [-0.15, -0.1) is 0 Å². The first-order valence-electron chi connectivity index (χ1n) is 6.49. The van der Waals surface area contributed by atoms with Gasteiger partial charge in [-0.2, -0.15) is 0 Å². The molecule has 2 aromatic carbocycles. The van der Waals surface area contributed by atoms with E-state index in [9.17, 15) is 0 Å². The maximum atomic E-state index is 5.86. The number of nitrogens with two attached hydrogens (primary N) is 1. The Hall–Kier alpha value is -1.94. The molecule has 0 aliphatic carbocycles. The van der Waals surface area contributed by atoms with Crippen LogP contribution in [0.3, 0.4) is 0 Å². The van der Waals surface area contributed by atoms with Gasteiger partial charge in [-0.25, -0.2) is 0 Å². The first kappa shape index (κ1) is 14.5. The fourth-order valence-electron chi connectivity index (χ4n) is 1.62. The van der Waals surface area contributed by atoms with Crippen LogP contribution in [0.15, 0.2) is 65.7 Å². The van der Waals surface area contributed by atoms with Gasteiger partial charge >= 0.3 is 0 Å². The van der Waals surface area contributed by atoms with Gasteiger partial charge in [0.2, 0.25) is 0 Å². The van der Waals surface area contributed by atoms with Gasteiger partial charge < -0.3 is 10.5 Å². The molecule has 2 rings (SSSR count). The number of para-hydroxylation sites is 1. The molecule has 0 saturated carbocycles. The number of thioether (sulfide) groups is 1. The summed E-state index contributed by atoms with van der Waals surface area (Å²) < 4.78 is 5.59. The van der Waals surface area contributed by atoms with E-state index in [0.29, 0.717) is 18.3 Å². The fourth-order valence-corrected chi connectivity index (χ4v) is 2.15. The Labute approximate surface area is 123 Å². The van der Waals surface area contributed by atoms with E-state index in [1.54, 1.807) is 0 Å². The van der Waals surface area contributed by atoms with Crippen LogP contribution in [-0.4, -0.2) is 17.5 Å². The summed E-state index contributed by atoms with van der Waals surface area (Å²) in [6.07, 6.45) is 0. The summed E-state index contributed by atoms with van der Waals surface area (Å²) in [5, 5.41) is 0.602. The highest BCUT2D eigenvalue weighted by molar-refractivity contribution is 8.13. The molecule has 0 amide bonds. The molecule has 0 atom stereocenters. The van der Waals surface area contributed by atoms with Gasteiger partial charge in [0.15, 0.2) is 5.17 Å². The third-order valence-corrected chi connectivity index (χ3v) is 3.40. The second-order valence-electron chi connectivity index (χ2n) is 4.15. The Morgan fingerprint density at radius 3 is 2.35 bits per heavy atom. The van der Waals surface area contributed by atoms with Crippen molar-refractivity contribution in [3.05, 3.63) is 66.2 Å². The lowest BCUT2D eigenvalue weighted by Crippen LogP contribution is -2.10. The Balaban J connectivity index is 1.66. The van der Waals surface area contributed by atoms with E-state index in [1.165, 1.54) is 11.8 Å². The molecule has 4 heteroatoms. The minimum atomic E-state index is 0.602. The third kappa shape index (κ3) is 5.36. The zero-order valence-corrected chi connectivity index (χ0v) is 12.1. The van der Waals surface area contributed by atoms with Crippen LogP contribution in [-0.2, 0) is 6.54 Å². The highest BCUT2D eigenvalue weighted by atomic mass is 32.2. The number of benzene rings is 2. The second kappa shape index (κ2) is 8.27. The Morgan fingerprint density at radius 1 is 1.00 bits per heavy atom. The lowest BCUT2D eigenvalue weighted by atomic mass is 10.2. The van der Waals surface area contributed by atoms with E-state index >= 15 is 0 Å². The van der Waals surface area contributed by atoms with E-state index in [0.717, 1.165) is 17.1 Å². The van der Waals surface area contributed by atoms with Gasteiger partial charge in [-0.05, 0) is 17.7 Å². The Morgan fingerprint density at radius 2 is 1.65 bits per heavy atom. The normalized spacial score (nSPS) is 11.3. The molecule has 0 aliphatic heterocycles. The van der Waals surface area contributed by atoms with Crippen molar-refractivity contribution in [2.45, 2.75) is 6.54 Å². The number of hydrogen-bond donors (Lipinski definition) is 1. The van der Waals surface area contributed by atoms with E-state index in [2.05, 4.69) is 4.99 Å². The molecule has 104 valence electrons. The number of ether oxygens (including phenoxy) is 1. The number of amidine groups is 1. The molecule has 0 bridgehead atoms. The van der Waals surface area contributed by atoms with Crippen molar-refractivity contribution in [1.82, 2.24) is 0 Å². The van der Waals surface area contributed by atoms with E-state index in [1.807, 2.05) is 60.7 Å². The smallest absolute Gasteiger partial charge is 0.154 e. The molecule has 0 radical (unpaired) electrons. The first-order chi connectivity index (χ1) is 9.84. The largest absolute Gasteiger partial charge is 0.493 e. The van der Waals surface area contributed by atoms with Crippen molar-refractivity contribution in [2.75, 3.05) is 12.4 Å². The summed E-state index contributed by atoms with van der Waals surface area (Å²) in [7, 11) is 0. The average molecular weight is 286 g/mol. The van der Waals surface area contributed by atoms with Crippen molar-refractivity contribution in [1.29, 1.82) is 0 Å². The first-order valence-corrected chi connectivity index (χ1v) is 7.47. The van der Waals surface area contributed by atoms with Crippen LogP contribution in [0, 0.1) is 0 Å². The zero-order valence-electron chi connectivity index (χ0n) is 11.2. The predicted molar refractivity (Wildman–Crippen MR) is 86.2 cm³/mol. The summed E-state index contributed by atoms with van der Waals surface area (Å²) in [5.74, 6) is 1.67. The summed E-state index contributed by atoms with van der Waals surface area (Å²) in [4.78, 5) is 4.34. The minimum Gasteiger partial charge on any atom is -0.493 e. The molecule has 20 heavy (non-hydrogen) atoms. The molecule has 0 unspecified atom stereocenters. The summed E-state index contributed by atoms with van der Waals surface area (Å²) >= 11 is 1.52. The van der Waals surface area contributed by atoms with Crippen LogP contribution in [0.5, 0.6) is 5.75 Å². The number of rotatable bonds is 6. The Bertz CT molecular complexity index is 529. The van der Waals surface area contributed by atoms with Gasteiger partial charge in [-0.1, -0.05) is 60.3 Å². The molecule has 3 nitrogen and oxygen atoms in total. The van der Waals surface area contributed by atoms with Gasteiger partial charge in [0.25, 0.3) is 0 Å². The molecule has 2 N–H and O–H groups in total. The highest BCUT2D eigenvalue weighted by Crippen LogP contribution is 2.09. The zero-order chi connectivity index (χ0) is 14.0. The quantitative estimate of drug-likeness (QED) is 0.503. The van der Waals surface area contributed by atoms with Crippen molar-refractivity contribution in [2.24, 2.45) is 10.7 Å². The van der Waals surface area contributed by atoms with Crippen LogP contribution in [0.1, 0.15) is 5.56 Å². The van der Waals surface area contributed by atoms with Crippen LogP contribution >= 0.6 is 11.8 Å². The fraction of sp³-hybridized carbons (Fsp3) is 0.188. The molecule has 0 heterocycles. The van der Waals surface area contributed by atoms with Crippen molar-refractivity contribution < 1.29 is 4.74 Å². The van der Waals surface area contributed by atoms with E-state index < -0.39 is 0 Å². The van der Waals surface area contributed by atoms with Crippen LogP contribution in [0.4, 0.5) is 0 Å². The van der Waals surface area contributed by atoms with E-state index in [-0.39, 0.29) is 0 Å². The molecule has 0 spiro atoms. The maximum absolute atomic E-state index is 5.86. The van der Waals surface area contributed by atoms with Crippen molar-refractivity contribution >= 4 is 16.9 Å². The van der Waals surface area contributed by atoms with Crippen LogP contribution < -0.4 is 10.5 Å². The number of hydrogen-bond acceptors (Lipinski definition) is 3. The monoisotopic (exact) mass is 286 g/mol. The Kier molecular flexibility index (Phi) is 5.99. The average Bonchev–Trinajstić information content (AvgIpc) is 2.52. The number of nitrogens with zero attached hydrogens (tertiary/aromatic N) is 1. The molecule has 0 aliphatic rings. The van der Waals surface area contributed by atoms with Gasteiger partial charge in [-0.3, -0.25) is 4.99 Å². The predicted octanol–water partition coefficient (Wildman–Crippen LogP) is 3.31. The SMILES string of the molecule is NC(=NCc1ccccc1)SCCOc1ccccc1. The molecule has 2 aromatic rings. The molecule has 0 fully saturated rings. The lowest BCUT2D eigenvalue weighted by molar-refractivity contribution is 0.344. The van der Waals surface area contributed by atoms with Gasteiger partial charge in [0, 0.05) is 5.75 Å². The van der Waals surface area contributed by atoms with Crippen LogP contribution in [0.2, 0.25) is 0 Å². The maximum Gasteiger partial charge on any atom is 0.154 e. The third-order valence-electron chi connectivity index (χ3n) is 2.61. The molecular formula is C16H18N2OS. The summed E-state index contributed by atoms with van der Waals surface area (Å²) in [6.45, 7) is 1.25. The number of aliphatic imine (C=N–C) groups is 1.